The van der Waals surface area contributed by atoms with Crippen LogP contribution in [0, 0.1) is 0 Å². The van der Waals surface area contributed by atoms with Gasteiger partial charge in [-0.3, -0.25) is 4.79 Å². The molecule has 0 fully saturated rings. The third kappa shape index (κ3) is 3.63. The first-order valence-electron chi connectivity index (χ1n) is 9.69. The zero-order valence-electron chi connectivity index (χ0n) is 16.0. The van der Waals surface area contributed by atoms with E-state index in [1.54, 1.807) is 12.1 Å². The summed E-state index contributed by atoms with van der Waals surface area (Å²) in [5.74, 6) is -0.873. The first-order chi connectivity index (χ1) is 14.2. The molecule has 0 amide bonds. The fourth-order valence-electron chi connectivity index (χ4n) is 3.90. The molecule has 4 aromatic rings. The van der Waals surface area contributed by atoms with Crippen molar-refractivity contribution in [3.8, 4) is 0 Å². The molecule has 0 aromatic heterocycles. The van der Waals surface area contributed by atoms with E-state index >= 15 is 0 Å². The smallest absolute Gasteiger partial charge is 0.199 e. The van der Waals surface area contributed by atoms with Crippen LogP contribution in [0.5, 0.6) is 0 Å². The molecule has 1 N–H and O–H groups in total. The van der Waals surface area contributed by atoms with E-state index in [1.165, 1.54) is 0 Å². The zero-order valence-corrected chi connectivity index (χ0v) is 16.0. The highest BCUT2D eigenvalue weighted by atomic mass is 16.3. The number of hydrogen-bond acceptors (Lipinski definition) is 2. The van der Waals surface area contributed by atoms with E-state index in [-0.39, 0.29) is 5.78 Å². The fraction of sp³-hybridized carbons (Fsp3) is 0.0741. The van der Waals surface area contributed by atoms with Gasteiger partial charge >= 0.3 is 0 Å². The maximum atomic E-state index is 13.8. The maximum absolute atomic E-state index is 13.8. The van der Waals surface area contributed by atoms with Crippen molar-refractivity contribution in [2.75, 3.05) is 0 Å². The Morgan fingerprint density at radius 3 is 1.41 bits per heavy atom. The number of carbonyl (C=O) groups is 1. The van der Waals surface area contributed by atoms with Gasteiger partial charge in [0.2, 0.25) is 0 Å². The number of benzene rings is 4. The molecular weight excluding hydrogens is 356 g/mol. The van der Waals surface area contributed by atoms with Crippen molar-refractivity contribution in [1.29, 1.82) is 0 Å². The van der Waals surface area contributed by atoms with Gasteiger partial charge in [0.1, 0.15) is 0 Å². The lowest BCUT2D eigenvalue weighted by Crippen LogP contribution is -2.42. The Balaban J connectivity index is 1.98. The first kappa shape index (κ1) is 18.9. The van der Waals surface area contributed by atoms with Crippen LogP contribution in [0.2, 0.25) is 0 Å². The van der Waals surface area contributed by atoms with Crippen molar-refractivity contribution in [1.82, 2.24) is 0 Å². The summed E-state index contributed by atoms with van der Waals surface area (Å²) < 4.78 is 0. The van der Waals surface area contributed by atoms with Gasteiger partial charge in [0.25, 0.3) is 0 Å². The molecule has 0 saturated carbocycles. The summed E-state index contributed by atoms with van der Waals surface area (Å²) >= 11 is 0. The second kappa shape index (κ2) is 8.26. The number of hydrogen-bond donors (Lipinski definition) is 1. The lowest BCUT2D eigenvalue weighted by atomic mass is 9.70. The minimum Gasteiger partial charge on any atom is -0.376 e. The van der Waals surface area contributed by atoms with Crippen LogP contribution in [0.1, 0.15) is 33.0 Å². The van der Waals surface area contributed by atoms with Gasteiger partial charge in [-0.15, -0.1) is 0 Å². The summed E-state index contributed by atoms with van der Waals surface area (Å²) in [5, 5.41) is 12.2. The largest absolute Gasteiger partial charge is 0.376 e. The fourth-order valence-corrected chi connectivity index (χ4v) is 3.90. The first-order valence-corrected chi connectivity index (χ1v) is 9.69. The van der Waals surface area contributed by atoms with Gasteiger partial charge in [0, 0.05) is 11.5 Å². The lowest BCUT2D eigenvalue weighted by molar-refractivity contribution is 0.0206. The summed E-state index contributed by atoms with van der Waals surface area (Å²) in [6, 6.07) is 37.7. The normalized spacial score (nSPS) is 13.0. The number of rotatable bonds is 6. The summed E-state index contributed by atoms with van der Waals surface area (Å²) in [6.45, 7) is 0. The molecule has 0 aliphatic rings. The van der Waals surface area contributed by atoms with Crippen molar-refractivity contribution >= 4 is 5.78 Å². The van der Waals surface area contributed by atoms with E-state index in [1.807, 2.05) is 109 Å². The van der Waals surface area contributed by atoms with Crippen LogP contribution in [0.25, 0.3) is 0 Å². The average Bonchev–Trinajstić information content (AvgIpc) is 2.81. The maximum Gasteiger partial charge on any atom is 0.199 e. The SMILES string of the molecule is O=C(c1ccccc1)[C@](O)(c1ccccc1)C(c1ccccc1)c1ccccc1. The monoisotopic (exact) mass is 378 g/mol. The third-order valence-electron chi connectivity index (χ3n) is 5.28. The molecule has 4 aromatic carbocycles. The Hall–Kier alpha value is -3.49. The molecular formula is C27H22O2. The molecule has 0 heterocycles. The van der Waals surface area contributed by atoms with E-state index in [9.17, 15) is 9.90 Å². The van der Waals surface area contributed by atoms with Gasteiger partial charge in [0.15, 0.2) is 11.4 Å². The predicted octanol–water partition coefficient (Wildman–Crippen LogP) is 5.59. The van der Waals surface area contributed by atoms with Gasteiger partial charge < -0.3 is 5.11 Å². The molecule has 2 heteroatoms. The summed E-state index contributed by atoms with van der Waals surface area (Å²) in [5.41, 5.74) is 1.07. The molecule has 0 aliphatic carbocycles. The molecule has 0 unspecified atom stereocenters. The van der Waals surface area contributed by atoms with E-state index < -0.39 is 11.5 Å². The Morgan fingerprint density at radius 1 is 0.586 bits per heavy atom. The van der Waals surface area contributed by atoms with Crippen molar-refractivity contribution in [3.63, 3.8) is 0 Å². The highest BCUT2D eigenvalue weighted by molar-refractivity contribution is 6.04. The Kier molecular flexibility index (Phi) is 5.37. The minimum absolute atomic E-state index is 0.318. The molecule has 2 nitrogen and oxygen atoms in total. The summed E-state index contributed by atoms with van der Waals surface area (Å²) in [4.78, 5) is 13.8. The van der Waals surface area contributed by atoms with Gasteiger partial charge in [-0.05, 0) is 16.7 Å². The van der Waals surface area contributed by atoms with Crippen molar-refractivity contribution in [3.05, 3.63) is 144 Å². The average molecular weight is 378 g/mol. The topological polar surface area (TPSA) is 37.3 Å². The highest BCUT2D eigenvalue weighted by Crippen LogP contribution is 2.44. The predicted molar refractivity (Wildman–Crippen MR) is 116 cm³/mol. The van der Waals surface area contributed by atoms with Gasteiger partial charge in [-0.2, -0.15) is 0 Å². The van der Waals surface area contributed by atoms with E-state index in [4.69, 9.17) is 0 Å². The third-order valence-corrected chi connectivity index (χ3v) is 5.28. The molecule has 0 radical (unpaired) electrons. The zero-order chi connectivity index (χ0) is 20.1. The van der Waals surface area contributed by atoms with Crippen LogP contribution in [0.4, 0.5) is 0 Å². The molecule has 0 spiro atoms. The highest BCUT2D eigenvalue weighted by Gasteiger charge is 2.47. The van der Waals surface area contributed by atoms with Gasteiger partial charge in [0.05, 0.1) is 0 Å². The molecule has 0 aliphatic heterocycles. The van der Waals surface area contributed by atoms with Crippen LogP contribution in [0.15, 0.2) is 121 Å². The standard InChI is InChI=1S/C27H22O2/c28-26(23-17-9-3-10-18-23)27(29,24-19-11-4-12-20-24)25(21-13-5-1-6-14-21)22-15-7-2-8-16-22/h1-20,25,29H/t27-/m0/s1. The van der Waals surface area contributed by atoms with Crippen LogP contribution >= 0.6 is 0 Å². The molecule has 4 rings (SSSR count). The van der Waals surface area contributed by atoms with Crippen molar-refractivity contribution in [2.45, 2.75) is 11.5 Å². The molecule has 142 valence electrons. The number of Topliss-reactive ketones (excluding diaryl/α,β-unsaturated/α-hetero) is 1. The quantitative estimate of drug-likeness (QED) is 0.444. The van der Waals surface area contributed by atoms with Crippen LogP contribution < -0.4 is 0 Å². The minimum atomic E-state index is -1.76. The van der Waals surface area contributed by atoms with E-state index in [0.717, 1.165) is 11.1 Å². The number of ketones is 1. The second-order valence-electron chi connectivity index (χ2n) is 7.08. The molecule has 0 saturated heterocycles. The lowest BCUT2D eigenvalue weighted by Gasteiger charge is -2.36. The van der Waals surface area contributed by atoms with Gasteiger partial charge in [-0.25, -0.2) is 0 Å². The van der Waals surface area contributed by atoms with Crippen LogP contribution in [0.3, 0.4) is 0 Å². The molecule has 0 bridgehead atoms. The van der Waals surface area contributed by atoms with Crippen LogP contribution in [-0.2, 0) is 5.60 Å². The van der Waals surface area contributed by atoms with Crippen LogP contribution in [-0.4, -0.2) is 10.9 Å². The Bertz CT molecular complexity index is 1020. The van der Waals surface area contributed by atoms with Gasteiger partial charge in [-0.1, -0.05) is 121 Å². The Morgan fingerprint density at radius 2 is 0.966 bits per heavy atom. The number of carbonyl (C=O) groups excluding carboxylic acids is 1. The van der Waals surface area contributed by atoms with Crippen molar-refractivity contribution < 1.29 is 9.90 Å². The summed E-state index contributed by atoms with van der Waals surface area (Å²) in [6.07, 6.45) is 0. The number of aliphatic hydroxyl groups is 1. The van der Waals surface area contributed by atoms with E-state index in [2.05, 4.69) is 0 Å². The summed E-state index contributed by atoms with van der Waals surface area (Å²) in [7, 11) is 0. The van der Waals surface area contributed by atoms with E-state index in [0.29, 0.717) is 11.1 Å². The Labute approximate surface area is 171 Å². The van der Waals surface area contributed by atoms with Crippen molar-refractivity contribution in [2.24, 2.45) is 0 Å². The molecule has 1 atom stereocenters. The molecule has 29 heavy (non-hydrogen) atoms. The second-order valence-corrected chi connectivity index (χ2v) is 7.08.